The molecule has 4 heteroatoms. The van der Waals surface area contributed by atoms with Gasteiger partial charge >= 0.3 is 41.9 Å². The maximum Gasteiger partial charge on any atom is -0.00391 e. The molecule has 0 heterocycles. The average molecular weight is 903 g/mol. The Bertz CT molecular complexity index is 2250. The van der Waals surface area contributed by atoms with Gasteiger partial charge < -0.3 is 24.8 Å². The second-order valence-electron chi connectivity index (χ2n) is 20.0. The maximum atomic E-state index is 2.48. The molecule has 6 aromatic rings. The van der Waals surface area contributed by atoms with Crippen LogP contribution in [-0.4, -0.2) is 5.43 Å². The zero-order chi connectivity index (χ0) is 39.2. The fraction of sp³-hybridized carbons (Fsp3) is 0.444. The Morgan fingerprint density at radius 2 is 1.10 bits per heavy atom. The van der Waals surface area contributed by atoms with E-state index in [9.17, 15) is 0 Å². The van der Waals surface area contributed by atoms with Gasteiger partial charge in [0, 0.05) is 0 Å². The molecule has 0 nitrogen and oxygen atoms in total. The van der Waals surface area contributed by atoms with Gasteiger partial charge in [-0.3, -0.25) is 0 Å². The first kappa shape index (κ1) is 45.3. The Morgan fingerprint density at radius 3 is 1.60 bits per heavy atom. The molecule has 0 amide bonds. The molecule has 4 bridgehead atoms. The van der Waals surface area contributed by atoms with Gasteiger partial charge in [-0.15, -0.1) is 69.1 Å². The summed E-state index contributed by atoms with van der Waals surface area (Å²) in [5.41, 5.74) is 12.3. The van der Waals surface area contributed by atoms with Crippen LogP contribution in [0.3, 0.4) is 0 Å². The molecule has 0 unspecified atom stereocenters. The maximum absolute atomic E-state index is 2.48. The Hall–Kier alpha value is -2.22. The van der Waals surface area contributed by atoms with Crippen molar-refractivity contribution in [3.63, 3.8) is 0 Å². The number of hydrogen-bond acceptors (Lipinski definition) is 0. The van der Waals surface area contributed by atoms with Crippen LogP contribution in [0.15, 0.2) is 109 Å². The molecule has 0 aromatic heterocycles. The fourth-order valence-electron chi connectivity index (χ4n) is 11.6. The Morgan fingerprint density at radius 1 is 0.638 bits per heavy atom. The van der Waals surface area contributed by atoms with E-state index >= 15 is 0 Å². The van der Waals surface area contributed by atoms with Crippen molar-refractivity contribution in [3.8, 4) is 22.3 Å². The number of fused-ring (bicyclic) bond motifs is 2. The van der Waals surface area contributed by atoms with Crippen molar-refractivity contribution in [2.45, 2.75) is 129 Å². The molecule has 6 aromatic carbocycles. The third kappa shape index (κ3) is 9.94. The largest absolute Gasteiger partial charge is 1.00 e. The molecule has 0 atom stereocenters. The third-order valence-electron chi connectivity index (χ3n) is 14.1. The molecular weight excluding hydrogens is 839 g/mol. The molecule has 58 heavy (non-hydrogen) atoms. The van der Waals surface area contributed by atoms with E-state index < -0.39 is 0 Å². The van der Waals surface area contributed by atoms with Crippen molar-refractivity contribution in [1.29, 1.82) is 0 Å². The fourth-order valence-corrected chi connectivity index (χ4v) is 11.6. The van der Waals surface area contributed by atoms with Crippen LogP contribution in [-0.2, 0) is 34.2 Å². The molecule has 0 aliphatic heterocycles. The van der Waals surface area contributed by atoms with Crippen LogP contribution < -0.4 is 24.8 Å². The van der Waals surface area contributed by atoms with E-state index in [4.69, 9.17) is 0 Å². The monoisotopic (exact) mass is 900 g/mol. The Labute approximate surface area is 378 Å². The predicted octanol–water partition coefficient (Wildman–Crippen LogP) is 9.61. The first-order chi connectivity index (χ1) is 26.8. The van der Waals surface area contributed by atoms with Crippen molar-refractivity contribution in [2.75, 3.05) is 0 Å². The molecule has 0 radical (unpaired) electrons. The van der Waals surface area contributed by atoms with E-state index in [2.05, 4.69) is 157 Å². The van der Waals surface area contributed by atoms with Gasteiger partial charge in [0.25, 0.3) is 0 Å². The van der Waals surface area contributed by atoms with Crippen LogP contribution in [0.4, 0.5) is 0 Å². The SMILES string of the molecule is CC1CCC(c2cc3c(-c4ccc(C(C)(C)C)cc4)cccc3[cH-]2)CC1.C[Si](C)=[Zr+2].Cc1cc2c(-c3ccc(C45CC6CC(CC(C6)C4)C5)cc3)cccc2[cH-]1.[Cl-].[Cl-]. The van der Waals surface area contributed by atoms with Crippen LogP contribution in [0.5, 0.6) is 0 Å². The molecule has 0 N–H and O–H groups in total. The van der Waals surface area contributed by atoms with Crippen molar-refractivity contribution in [3.05, 3.63) is 131 Å². The number of halogens is 2. The van der Waals surface area contributed by atoms with Gasteiger partial charge in [0.05, 0.1) is 0 Å². The smallest absolute Gasteiger partial charge is 0.00391 e. The summed E-state index contributed by atoms with van der Waals surface area (Å²) in [6.07, 6.45) is 14.4. The minimum Gasteiger partial charge on any atom is -1.00 e. The third-order valence-corrected chi connectivity index (χ3v) is 14.1. The van der Waals surface area contributed by atoms with E-state index in [1.54, 1.807) is 34.5 Å². The van der Waals surface area contributed by atoms with Gasteiger partial charge in [-0.1, -0.05) is 119 Å². The number of benzene rings is 4. The summed E-state index contributed by atoms with van der Waals surface area (Å²) < 4.78 is 0. The van der Waals surface area contributed by atoms with Crippen molar-refractivity contribution in [2.24, 2.45) is 23.7 Å². The van der Waals surface area contributed by atoms with Crippen LogP contribution in [0, 0.1) is 30.6 Å². The summed E-state index contributed by atoms with van der Waals surface area (Å²) >= 11 is 1.74. The van der Waals surface area contributed by atoms with E-state index in [0.29, 0.717) is 5.41 Å². The predicted molar refractivity (Wildman–Crippen MR) is 241 cm³/mol. The molecule has 0 saturated heterocycles. The Balaban J connectivity index is 0.000000174. The summed E-state index contributed by atoms with van der Waals surface area (Å²) in [6, 6.07) is 41.9. The number of aryl methyl sites for hydroxylation is 1. The summed E-state index contributed by atoms with van der Waals surface area (Å²) in [6.45, 7) is 16.0. The van der Waals surface area contributed by atoms with E-state index in [1.165, 1.54) is 119 Å². The van der Waals surface area contributed by atoms with Crippen molar-refractivity contribution < 1.29 is 48.1 Å². The van der Waals surface area contributed by atoms with Gasteiger partial charge in [0.15, 0.2) is 0 Å². The standard InChI is InChI=1S/C26H27.C26H31.C2H6Si.2ClH.Zr/c1-17-9-22-3-2-4-24(25(22)10-17)21-5-7-23(8-6-21)26-14-18-11-19(15-26)13-20(12-18)16-26;1-18-8-10-19(11-9-18)22-16-21-6-5-7-24(25(21)17-22)20-12-14-23(15-13-20)26(2,3)4;1-3-2;;;/h2-10,18-20H,11-16H2,1H3;5-7,12-19H,8-11H2,1-4H3;1-2H3;2*1H;/q2*-1;;;;+2/p-2. The average Bonchev–Trinajstić information content (AvgIpc) is 3.78. The van der Waals surface area contributed by atoms with Crippen molar-refractivity contribution in [1.82, 2.24) is 0 Å². The van der Waals surface area contributed by atoms with Crippen LogP contribution in [0.1, 0.15) is 120 Å². The van der Waals surface area contributed by atoms with E-state index in [-0.39, 0.29) is 35.7 Å². The molecule has 11 rings (SSSR count). The summed E-state index contributed by atoms with van der Waals surface area (Å²) in [5, 5.41) is 5.58. The van der Waals surface area contributed by atoms with Crippen LogP contribution in [0.2, 0.25) is 13.1 Å². The molecule has 304 valence electrons. The van der Waals surface area contributed by atoms with Gasteiger partial charge in [0.2, 0.25) is 0 Å². The first-order valence-electron chi connectivity index (χ1n) is 21.9. The summed E-state index contributed by atoms with van der Waals surface area (Å²) in [7, 11) is 0. The van der Waals surface area contributed by atoms with E-state index in [1.807, 2.05) is 0 Å². The number of rotatable bonds is 4. The first-order valence-corrected chi connectivity index (χ1v) is 28.1. The van der Waals surface area contributed by atoms with Crippen LogP contribution >= 0.6 is 0 Å². The van der Waals surface area contributed by atoms with Gasteiger partial charge in [-0.05, 0) is 114 Å². The topological polar surface area (TPSA) is 0 Å². The zero-order valence-corrected chi connectivity index (χ0v) is 41.1. The van der Waals surface area contributed by atoms with Crippen LogP contribution in [0.25, 0.3) is 43.8 Å². The normalized spacial score (nSPS) is 24.5. The second kappa shape index (κ2) is 18.8. The van der Waals surface area contributed by atoms with E-state index in [0.717, 1.165) is 29.6 Å². The summed E-state index contributed by atoms with van der Waals surface area (Å²) in [5.74, 6) is 4.72. The van der Waals surface area contributed by atoms with Crippen molar-refractivity contribution >= 4 is 27.0 Å². The van der Waals surface area contributed by atoms with Gasteiger partial charge in [0.1, 0.15) is 0 Å². The molecule has 5 fully saturated rings. The second-order valence-corrected chi connectivity index (χ2v) is 29.4. The molecule has 5 aliphatic rings. The zero-order valence-electron chi connectivity index (χ0n) is 36.1. The number of hydrogen-bond donors (Lipinski definition) is 0. The molecular formula is C54H64Cl2SiZr-2. The van der Waals surface area contributed by atoms with Gasteiger partial charge in [-0.2, -0.15) is 12.1 Å². The quantitative estimate of drug-likeness (QED) is 0.122. The molecule has 5 saturated carbocycles. The molecule has 0 spiro atoms. The van der Waals surface area contributed by atoms with Gasteiger partial charge in [-0.25, -0.2) is 0 Å². The molecule has 5 aliphatic carbocycles. The minimum atomic E-state index is 0. The minimum absolute atomic E-state index is 0. The Kier molecular flexibility index (Phi) is 14.7. The summed E-state index contributed by atoms with van der Waals surface area (Å²) in [4.78, 5) is 0.